The third kappa shape index (κ3) is 3.23. The maximum absolute atomic E-state index is 8.60. The molecule has 88 valence electrons. The van der Waals surface area contributed by atoms with Crippen LogP contribution in [0.3, 0.4) is 0 Å². The lowest BCUT2D eigenvalue weighted by molar-refractivity contribution is 1.18. The Morgan fingerprint density at radius 3 is 2.61 bits per heavy atom. The van der Waals surface area contributed by atoms with Crippen molar-refractivity contribution in [2.45, 2.75) is 6.42 Å². The lowest BCUT2D eigenvalue weighted by atomic mass is 9.99. The summed E-state index contributed by atoms with van der Waals surface area (Å²) in [5.41, 5.74) is 3.39. The number of nitriles is 1. The number of halogens is 1. The largest absolute Gasteiger partial charge is 0.193 e. The van der Waals surface area contributed by atoms with E-state index in [1.807, 2.05) is 48.5 Å². The van der Waals surface area contributed by atoms with Crippen molar-refractivity contribution in [1.82, 2.24) is 0 Å². The molecule has 0 aromatic heterocycles. The van der Waals surface area contributed by atoms with Gasteiger partial charge in [0.15, 0.2) is 0 Å². The third-order valence-electron chi connectivity index (χ3n) is 2.68. The van der Waals surface area contributed by atoms with E-state index in [0.29, 0.717) is 0 Å². The van der Waals surface area contributed by atoms with Crippen molar-refractivity contribution < 1.29 is 0 Å². The van der Waals surface area contributed by atoms with Gasteiger partial charge in [-0.3, -0.25) is 0 Å². The average Bonchev–Trinajstić information content (AvgIpc) is 2.39. The fraction of sp³-hybridized carbons (Fsp3) is 0.0625. The number of hydrogen-bond donors (Lipinski definition) is 0. The average molecular weight is 254 g/mol. The number of nitrogens with zero attached hydrogens (tertiary/aromatic N) is 1. The quantitative estimate of drug-likeness (QED) is 0.741. The number of rotatable bonds is 3. The molecule has 0 saturated carbocycles. The fourth-order valence-corrected chi connectivity index (χ4v) is 2.03. The van der Waals surface area contributed by atoms with Crippen LogP contribution in [0.4, 0.5) is 0 Å². The molecule has 2 aromatic rings. The first-order chi connectivity index (χ1) is 8.79. The predicted molar refractivity (Wildman–Crippen MR) is 75.3 cm³/mol. The lowest BCUT2D eigenvalue weighted by Crippen LogP contribution is -1.91. The summed E-state index contributed by atoms with van der Waals surface area (Å²) in [6.45, 7) is 0. The molecule has 0 saturated heterocycles. The van der Waals surface area contributed by atoms with E-state index in [1.165, 1.54) is 11.6 Å². The molecule has 2 rings (SSSR count). The van der Waals surface area contributed by atoms with Crippen LogP contribution in [0.25, 0.3) is 6.08 Å². The molecule has 1 nitrogen and oxygen atoms in total. The molecule has 0 aliphatic rings. The first-order valence-corrected chi connectivity index (χ1v) is 6.06. The topological polar surface area (TPSA) is 23.8 Å². The van der Waals surface area contributed by atoms with Crippen LogP contribution in [0.15, 0.2) is 54.6 Å². The molecule has 2 aromatic carbocycles. The standard InChI is InChI=1S/C16H12ClN/c17-16-9-8-14(7-4-10-18)15(12-16)11-13-5-2-1-3-6-13/h1-9,12H,11H2. The fourth-order valence-electron chi connectivity index (χ4n) is 1.83. The summed E-state index contributed by atoms with van der Waals surface area (Å²) in [5, 5.41) is 9.32. The van der Waals surface area contributed by atoms with Crippen molar-refractivity contribution in [3.63, 3.8) is 0 Å². The van der Waals surface area contributed by atoms with Gasteiger partial charge in [0, 0.05) is 11.1 Å². The minimum Gasteiger partial charge on any atom is -0.193 e. The van der Waals surface area contributed by atoms with Crippen LogP contribution >= 0.6 is 11.6 Å². The van der Waals surface area contributed by atoms with Gasteiger partial charge in [-0.2, -0.15) is 5.26 Å². The van der Waals surface area contributed by atoms with Gasteiger partial charge in [0.1, 0.15) is 0 Å². The van der Waals surface area contributed by atoms with Crippen LogP contribution < -0.4 is 0 Å². The van der Waals surface area contributed by atoms with Crippen molar-refractivity contribution in [2.75, 3.05) is 0 Å². The highest BCUT2D eigenvalue weighted by molar-refractivity contribution is 6.30. The lowest BCUT2D eigenvalue weighted by Gasteiger charge is -2.07. The van der Waals surface area contributed by atoms with Gasteiger partial charge >= 0.3 is 0 Å². The van der Waals surface area contributed by atoms with E-state index < -0.39 is 0 Å². The number of benzene rings is 2. The Bertz CT molecular complexity index is 594. The van der Waals surface area contributed by atoms with E-state index in [-0.39, 0.29) is 0 Å². The van der Waals surface area contributed by atoms with Crippen LogP contribution in [-0.4, -0.2) is 0 Å². The van der Waals surface area contributed by atoms with E-state index in [0.717, 1.165) is 22.6 Å². The van der Waals surface area contributed by atoms with Crippen LogP contribution in [-0.2, 0) is 6.42 Å². The smallest absolute Gasteiger partial charge is 0.0912 e. The highest BCUT2D eigenvalue weighted by Gasteiger charge is 2.02. The van der Waals surface area contributed by atoms with Crippen molar-refractivity contribution >= 4 is 17.7 Å². The molecule has 0 bridgehead atoms. The zero-order valence-electron chi connectivity index (χ0n) is 9.81. The molecule has 0 aliphatic heterocycles. The van der Waals surface area contributed by atoms with Crippen LogP contribution in [0.2, 0.25) is 5.02 Å². The Labute approximate surface area is 112 Å². The van der Waals surface area contributed by atoms with Crippen molar-refractivity contribution in [1.29, 1.82) is 5.26 Å². The summed E-state index contributed by atoms with van der Waals surface area (Å²) in [7, 11) is 0. The minimum absolute atomic E-state index is 0.718. The molecule has 0 fully saturated rings. The summed E-state index contributed by atoms with van der Waals surface area (Å²) in [5.74, 6) is 0. The molecule has 0 N–H and O–H groups in total. The Morgan fingerprint density at radius 1 is 1.11 bits per heavy atom. The predicted octanol–water partition coefficient (Wildman–Crippen LogP) is 4.47. The van der Waals surface area contributed by atoms with E-state index in [1.54, 1.807) is 0 Å². The Kier molecular flexibility index (Phi) is 4.17. The SMILES string of the molecule is N#CC=Cc1ccc(Cl)cc1Cc1ccccc1. The third-order valence-corrected chi connectivity index (χ3v) is 2.91. The second-order valence-corrected chi connectivity index (χ2v) is 4.40. The Hall–Kier alpha value is -2.04. The Balaban J connectivity index is 2.34. The molecule has 0 unspecified atom stereocenters. The highest BCUT2D eigenvalue weighted by atomic mass is 35.5. The summed E-state index contributed by atoms with van der Waals surface area (Å²) >= 11 is 6.03. The van der Waals surface area contributed by atoms with E-state index >= 15 is 0 Å². The molecule has 0 radical (unpaired) electrons. The van der Waals surface area contributed by atoms with Crippen molar-refractivity contribution in [2.24, 2.45) is 0 Å². The van der Waals surface area contributed by atoms with Gasteiger partial charge in [-0.05, 0) is 41.3 Å². The van der Waals surface area contributed by atoms with Crippen LogP contribution in [0, 0.1) is 11.3 Å². The van der Waals surface area contributed by atoms with Gasteiger partial charge in [0.2, 0.25) is 0 Å². The molecule has 0 heterocycles. The van der Waals surface area contributed by atoms with Gasteiger partial charge < -0.3 is 0 Å². The van der Waals surface area contributed by atoms with Crippen molar-refractivity contribution in [3.05, 3.63) is 76.3 Å². The number of hydrogen-bond acceptors (Lipinski definition) is 1. The molecule has 18 heavy (non-hydrogen) atoms. The Morgan fingerprint density at radius 2 is 1.89 bits per heavy atom. The zero-order valence-corrected chi connectivity index (χ0v) is 10.6. The van der Waals surface area contributed by atoms with Gasteiger partial charge in [-0.15, -0.1) is 0 Å². The molecule has 0 amide bonds. The first kappa shape index (κ1) is 12.4. The van der Waals surface area contributed by atoms with Gasteiger partial charge in [-0.1, -0.05) is 48.0 Å². The molecular weight excluding hydrogens is 242 g/mol. The molecule has 0 atom stereocenters. The normalized spacial score (nSPS) is 10.4. The minimum atomic E-state index is 0.718. The summed E-state index contributed by atoms with van der Waals surface area (Å²) < 4.78 is 0. The maximum Gasteiger partial charge on any atom is 0.0912 e. The van der Waals surface area contributed by atoms with Gasteiger partial charge in [0.05, 0.1) is 6.07 Å². The van der Waals surface area contributed by atoms with E-state index in [9.17, 15) is 0 Å². The summed E-state index contributed by atoms with van der Waals surface area (Å²) in [6, 6.07) is 17.9. The molecule has 0 spiro atoms. The van der Waals surface area contributed by atoms with E-state index in [4.69, 9.17) is 16.9 Å². The second kappa shape index (κ2) is 6.05. The van der Waals surface area contributed by atoms with Gasteiger partial charge in [-0.25, -0.2) is 0 Å². The zero-order chi connectivity index (χ0) is 12.8. The second-order valence-electron chi connectivity index (χ2n) is 3.97. The van der Waals surface area contributed by atoms with Crippen molar-refractivity contribution in [3.8, 4) is 6.07 Å². The summed E-state index contributed by atoms with van der Waals surface area (Å²) in [6.07, 6.45) is 4.11. The maximum atomic E-state index is 8.60. The molecular formula is C16H12ClN. The van der Waals surface area contributed by atoms with Crippen LogP contribution in [0.1, 0.15) is 16.7 Å². The monoisotopic (exact) mass is 253 g/mol. The number of allylic oxidation sites excluding steroid dienone is 1. The van der Waals surface area contributed by atoms with E-state index in [2.05, 4.69) is 12.1 Å². The van der Waals surface area contributed by atoms with Crippen LogP contribution in [0.5, 0.6) is 0 Å². The molecule has 2 heteroatoms. The first-order valence-electron chi connectivity index (χ1n) is 5.68. The summed E-state index contributed by atoms with van der Waals surface area (Å²) in [4.78, 5) is 0. The highest BCUT2D eigenvalue weighted by Crippen LogP contribution is 2.20. The van der Waals surface area contributed by atoms with Gasteiger partial charge in [0.25, 0.3) is 0 Å². The molecule has 0 aliphatic carbocycles.